The summed E-state index contributed by atoms with van der Waals surface area (Å²) < 4.78 is 10.6. The second-order valence-corrected chi connectivity index (χ2v) is 7.08. The van der Waals surface area contributed by atoms with Crippen LogP contribution >= 0.6 is 0 Å². The Balaban J connectivity index is 1.45. The van der Waals surface area contributed by atoms with E-state index in [2.05, 4.69) is 49.4 Å². The first-order valence-corrected chi connectivity index (χ1v) is 9.38. The normalized spacial score (nSPS) is 16.6. The van der Waals surface area contributed by atoms with E-state index < -0.39 is 0 Å². The number of hydrogen-bond donors (Lipinski definition) is 2. The number of ether oxygens (including phenoxy) is 1. The molecule has 0 aromatic carbocycles. The van der Waals surface area contributed by atoms with Crippen molar-refractivity contribution >= 4 is 5.91 Å². The third kappa shape index (κ3) is 5.83. The summed E-state index contributed by atoms with van der Waals surface area (Å²) in [6, 6.07) is 0.333. The molecule has 1 aliphatic rings. The standard InChI is InChI=1S/C17H27N7O3/c1-12(2)9-13(24-5-7-26-8-6-24)10-18-14(25)3-4-15-21-17(23-27-15)16-19-11-20-22-16/h11-13H,3-10H2,1-2H3,(H,18,25)(H,19,20,22). The van der Waals surface area contributed by atoms with E-state index >= 15 is 0 Å². The quantitative estimate of drug-likeness (QED) is 0.653. The topological polar surface area (TPSA) is 122 Å². The number of morpholine rings is 1. The van der Waals surface area contributed by atoms with Gasteiger partial charge in [-0.15, -0.1) is 0 Å². The van der Waals surface area contributed by atoms with E-state index in [9.17, 15) is 4.79 Å². The molecule has 1 unspecified atom stereocenters. The summed E-state index contributed by atoms with van der Waals surface area (Å²) in [5.74, 6) is 1.74. The Labute approximate surface area is 158 Å². The predicted octanol–water partition coefficient (Wildman–Crippen LogP) is 0.650. The van der Waals surface area contributed by atoms with Gasteiger partial charge in [-0.05, 0) is 12.3 Å². The molecular weight excluding hydrogens is 350 g/mol. The summed E-state index contributed by atoms with van der Waals surface area (Å²) in [7, 11) is 0. The van der Waals surface area contributed by atoms with Gasteiger partial charge in [0.1, 0.15) is 6.33 Å². The molecule has 3 rings (SSSR count). The van der Waals surface area contributed by atoms with Gasteiger partial charge >= 0.3 is 0 Å². The fraction of sp³-hybridized carbons (Fsp3) is 0.706. The van der Waals surface area contributed by atoms with Crippen LogP contribution in [0.4, 0.5) is 0 Å². The number of aromatic amines is 1. The zero-order valence-electron chi connectivity index (χ0n) is 15.8. The van der Waals surface area contributed by atoms with E-state index in [1.807, 2.05) is 0 Å². The molecule has 1 fully saturated rings. The maximum Gasteiger partial charge on any atom is 0.239 e. The van der Waals surface area contributed by atoms with Crippen LogP contribution in [0.15, 0.2) is 10.9 Å². The van der Waals surface area contributed by atoms with E-state index in [1.165, 1.54) is 6.33 Å². The van der Waals surface area contributed by atoms with E-state index in [4.69, 9.17) is 9.26 Å². The minimum absolute atomic E-state index is 0.0172. The molecule has 0 saturated carbocycles. The molecule has 2 aromatic rings. The minimum atomic E-state index is -0.0172. The summed E-state index contributed by atoms with van der Waals surface area (Å²) in [5.41, 5.74) is 0. The minimum Gasteiger partial charge on any atom is -0.379 e. The monoisotopic (exact) mass is 377 g/mol. The number of nitrogens with one attached hydrogen (secondary N) is 2. The number of H-pyrrole nitrogens is 1. The van der Waals surface area contributed by atoms with Crippen LogP contribution in [0.25, 0.3) is 11.6 Å². The van der Waals surface area contributed by atoms with Crippen LogP contribution in [-0.2, 0) is 16.0 Å². The maximum absolute atomic E-state index is 12.3. The molecule has 3 heterocycles. The fourth-order valence-corrected chi connectivity index (χ4v) is 3.15. The Morgan fingerprint density at radius 1 is 1.37 bits per heavy atom. The van der Waals surface area contributed by atoms with Crippen molar-refractivity contribution in [1.82, 2.24) is 35.5 Å². The zero-order valence-corrected chi connectivity index (χ0v) is 15.8. The number of hydrogen-bond acceptors (Lipinski definition) is 8. The van der Waals surface area contributed by atoms with Gasteiger partial charge in [0.2, 0.25) is 17.6 Å². The van der Waals surface area contributed by atoms with Gasteiger partial charge in [0.15, 0.2) is 5.82 Å². The van der Waals surface area contributed by atoms with Gasteiger partial charge in [-0.2, -0.15) is 10.1 Å². The molecule has 10 nitrogen and oxygen atoms in total. The van der Waals surface area contributed by atoms with Crippen LogP contribution in [0.1, 0.15) is 32.6 Å². The highest BCUT2D eigenvalue weighted by Crippen LogP contribution is 2.13. The zero-order chi connectivity index (χ0) is 19.1. The molecule has 0 aliphatic carbocycles. The molecule has 10 heteroatoms. The lowest BCUT2D eigenvalue weighted by molar-refractivity contribution is -0.121. The number of aromatic nitrogens is 5. The van der Waals surface area contributed by atoms with Crippen molar-refractivity contribution < 1.29 is 14.1 Å². The van der Waals surface area contributed by atoms with E-state index in [0.717, 1.165) is 32.7 Å². The third-order valence-electron chi connectivity index (χ3n) is 4.50. The van der Waals surface area contributed by atoms with Crippen molar-refractivity contribution in [2.45, 2.75) is 39.2 Å². The van der Waals surface area contributed by atoms with Crippen molar-refractivity contribution in [3.05, 3.63) is 12.2 Å². The van der Waals surface area contributed by atoms with E-state index in [-0.39, 0.29) is 5.91 Å². The lowest BCUT2D eigenvalue weighted by Gasteiger charge is -2.35. The second kappa shape index (κ2) is 9.56. The van der Waals surface area contributed by atoms with Crippen molar-refractivity contribution in [1.29, 1.82) is 0 Å². The summed E-state index contributed by atoms with van der Waals surface area (Å²) in [5, 5.41) is 13.3. The van der Waals surface area contributed by atoms with Crippen molar-refractivity contribution in [3.63, 3.8) is 0 Å². The van der Waals surface area contributed by atoms with Crippen LogP contribution in [0.2, 0.25) is 0 Å². The van der Waals surface area contributed by atoms with Gasteiger partial charge in [-0.3, -0.25) is 14.8 Å². The summed E-state index contributed by atoms with van der Waals surface area (Å²) in [6.07, 6.45) is 3.11. The lowest BCUT2D eigenvalue weighted by atomic mass is 10.0. The SMILES string of the molecule is CC(C)CC(CNC(=O)CCc1nc(-c2ncn[nH]2)no1)N1CCOCC1. The average molecular weight is 377 g/mol. The molecular formula is C17H27N7O3. The Kier molecular flexibility index (Phi) is 6.88. The van der Waals surface area contributed by atoms with Crippen LogP contribution in [-0.4, -0.2) is 75.0 Å². The number of carbonyl (C=O) groups excluding carboxylic acids is 1. The molecule has 2 aromatic heterocycles. The van der Waals surface area contributed by atoms with Gasteiger partial charge in [0, 0.05) is 38.5 Å². The highest BCUT2D eigenvalue weighted by atomic mass is 16.5. The first kappa shape index (κ1) is 19.4. The molecule has 1 saturated heterocycles. The molecule has 1 amide bonds. The number of nitrogens with zero attached hydrogens (tertiary/aromatic N) is 5. The Morgan fingerprint density at radius 2 is 2.19 bits per heavy atom. The highest BCUT2D eigenvalue weighted by Gasteiger charge is 2.22. The highest BCUT2D eigenvalue weighted by molar-refractivity contribution is 5.76. The predicted molar refractivity (Wildman–Crippen MR) is 96.6 cm³/mol. The smallest absolute Gasteiger partial charge is 0.239 e. The lowest BCUT2D eigenvalue weighted by Crippen LogP contribution is -2.49. The van der Waals surface area contributed by atoms with Crippen LogP contribution in [0.3, 0.4) is 0 Å². The van der Waals surface area contributed by atoms with Gasteiger partial charge in [-0.25, -0.2) is 4.98 Å². The van der Waals surface area contributed by atoms with Crippen LogP contribution in [0.5, 0.6) is 0 Å². The Morgan fingerprint density at radius 3 is 2.89 bits per heavy atom. The third-order valence-corrected chi connectivity index (χ3v) is 4.50. The molecule has 1 aliphatic heterocycles. The average Bonchev–Trinajstić information content (AvgIpc) is 3.35. The van der Waals surface area contributed by atoms with Crippen molar-refractivity contribution in [3.8, 4) is 11.6 Å². The number of aryl methyl sites for hydroxylation is 1. The fourth-order valence-electron chi connectivity index (χ4n) is 3.15. The van der Waals surface area contributed by atoms with Gasteiger partial charge in [0.05, 0.1) is 13.2 Å². The van der Waals surface area contributed by atoms with Gasteiger partial charge in [0.25, 0.3) is 0 Å². The van der Waals surface area contributed by atoms with Gasteiger partial charge in [-0.1, -0.05) is 19.0 Å². The molecule has 2 N–H and O–H groups in total. The Bertz CT molecular complexity index is 695. The van der Waals surface area contributed by atoms with Crippen LogP contribution < -0.4 is 5.32 Å². The number of rotatable bonds is 9. The first-order chi connectivity index (χ1) is 13.1. The largest absolute Gasteiger partial charge is 0.379 e. The molecule has 27 heavy (non-hydrogen) atoms. The van der Waals surface area contributed by atoms with E-state index in [0.29, 0.717) is 48.9 Å². The van der Waals surface area contributed by atoms with E-state index in [1.54, 1.807) is 0 Å². The Hall–Kier alpha value is -2.33. The van der Waals surface area contributed by atoms with Crippen molar-refractivity contribution in [2.24, 2.45) is 5.92 Å². The van der Waals surface area contributed by atoms with Crippen molar-refractivity contribution in [2.75, 3.05) is 32.8 Å². The molecule has 0 spiro atoms. The maximum atomic E-state index is 12.3. The molecule has 0 bridgehead atoms. The summed E-state index contributed by atoms with van der Waals surface area (Å²) in [4.78, 5) is 22.8. The number of carbonyl (C=O) groups is 1. The second-order valence-electron chi connectivity index (χ2n) is 7.08. The molecule has 0 radical (unpaired) electrons. The van der Waals surface area contributed by atoms with Crippen LogP contribution in [0, 0.1) is 5.92 Å². The molecule has 1 atom stereocenters. The summed E-state index contributed by atoms with van der Waals surface area (Å²) >= 11 is 0. The molecule has 148 valence electrons. The first-order valence-electron chi connectivity index (χ1n) is 9.38. The van der Waals surface area contributed by atoms with Gasteiger partial charge < -0.3 is 14.6 Å². The summed E-state index contributed by atoms with van der Waals surface area (Å²) in [6.45, 7) is 8.40. The number of amides is 1.